The molecule has 0 N–H and O–H groups in total. The first-order valence-corrected chi connectivity index (χ1v) is 9.31. The topological polar surface area (TPSA) is 39.9 Å². The highest BCUT2D eigenvalue weighted by Crippen LogP contribution is 2.25. The molecular formula is C18H16ClF2N3OS. The van der Waals surface area contributed by atoms with Crippen LogP contribution in [-0.4, -0.2) is 14.8 Å². The van der Waals surface area contributed by atoms with Crippen molar-refractivity contribution < 1.29 is 13.5 Å². The SMILES string of the molecule is CCn1c(COc2ccc(Cl)cc2)nnc1SCc1c(F)cccc1F. The zero-order chi connectivity index (χ0) is 18.5. The van der Waals surface area contributed by atoms with E-state index in [1.165, 1.54) is 30.0 Å². The van der Waals surface area contributed by atoms with Gasteiger partial charge in [-0.2, -0.15) is 0 Å². The minimum Gasteiger partial charge on any atom is -0.486 e. The molecule has 0 aliphatic rings. The summed E-state index contributed by atoms with van der Waals surface area (Å²) in [5.74, 6) is 0.314. The maximum atomic E-state index is 13.8. The number of nitrogens with zero attached hydrogens (tertiary/aromatic N) is 3. The van der Waals surface area contributed by atoms with Gasteiger partial charge in [0.25, 0.3) is 0 Å². The van der Waals surface area contributed by atoms with Crippen LogP contribution in [0.5, 0.6) is 5.75 Å². The second kappa shape index (κ2) is 8.51. The van der Waals surface area contributed by atoms with E-state index in [-0.39, 0.29) is 17.9 Å². The van der Waals surface area contributed by atoms with Gasteiger partial charge in [-0.15, -0.1) is 10.2 Å². The highest BCUT2D eigenvalue weighted by atomic mass is 35.5. The lowest BCUT2D eigenvalue weighted by atomic mass is 10.2. The third kappa shape index (κ3) is 4.34. The first-order valence-electron chi connectivity index (χ1n) is 7.94. The summed E-state index contributed by atoms with van der Waals surface area (Å²) in [5.41, 5.74) is 0.0297. The van der Waals surface area contributed by atoms with Crippen molar-refractivity contribution >= 4 is 23.4 Å². The predicted molar refractivity (Wildman–Crippen MR) is 97.4 cm³/mol. The molecule has 0 spiro atoms. The van der Waals surface area contributed by atoms with Crippen molar-refractivity contribution in [2.45, 2.75) is 31.0 Å². The van der Waals surface area contributed by atoms with Crippen LogP contribution in [0.25, 0.3) is 0 Å². The van der Waals surface area contributed by atoms with E-state index in [2.05, 4.69) is 10.2 Å². The van der Waals surface area contributed by atoms with Gasteiger partial charge >= 0.3 is 0 Å². The molecule has 8 heteroatoms. The van der Waals surface area contributed by atoms with E-state index in [4.69, 9.17) is 16.3 Å². The summed E-state index contributed by atoms with van der Waals surface area (Å²) >= 11 is 7.08. The molecule has 2 aromatic carbocycles. The first-order chi connectivity index (χ1) is 12.6. The fourth-order valence-corrected chi connectivity index (χ4v) is 3.50. The summed E-state index contributed by atoms with van der Waals surface area (Å²) in [6, 6.07) is 10.9. The van der Waals surface area contributed by atoms with Crippen LogP contribution >= 0.6 is 23.4 Å². The third-order valence-corrected chi connectivity index (χ3v) is 4.94. The second-order valence-corrected chi connectivity index (χ2v) is 6.75. The molecule has 1 aromatic heterocycles. The summed E-state index contributed by atoms with van der Waals surface area (Å²) in [5, 5.41) is 9.47. The van der Waals surface area contributed by atoms with Crippen molar-refractivity contribution in [1.29, 1.82) is 0 Å². The van der Waals surface area contributed by atoms with Crippen LogP contribution in [0.1, 0.15) is 18.3 Å². The number of hydrogen-bond donors (Lipinski definition) is 0. The minimum atomic E-state index is -0.564. The molecule has 0 saturated heterocycles. The first kappa shape index (κ1) is 18.7. The number of aromatic nitrogens is 3. The highest BCUT2D eigenvalue weighted by Gasteiger charge is 2.15. The maximum Gasteiger partial charge on any atom is 0.191 e. The number of hydrogen-bond acceptors (Lipinski definition) is 4. The van der Waals surface area contributed by atoms with Crippen molar-refractivity contribution in [2.24, 2.45) is 0 Å². The van der Waals surface area contributed by atoms with Crippen LogP contribution in [0.2, 0.25) is 5.02 Å². The number of ether oxygens (including phenoxy) is 1. The Morgan fingerprint density at radius 1 is 1.08 bits per heavy atom. The van der Waals surface area contributed by atoms with Crippen LogP contribution in [-0.2, 0) is 18.9 Å². The average molecular weight is 396 g/mol. The van der Waals surface area contributed by atoms with Crippen LogP contribution < -0.4 is 4.74 Å². The Labute approximate surface area is 159 Å². The number of thioether (sulfide) groups is 1. The molecule has 0 atom stereocenters. The molecule has 3 rings (SSSR count). The lowest BCUT2D eigenvalue weighted by Gasteiger charge is -2.09. The summed E-state index contributed by atoms with van der Waals surface area (Å²) in [7, 11) is 0. The molecule has 3 aromatic rings. The summed E-state index contributed by atoms with van der Waals surface area (Å²) in [4.78, 5) is 0. The molecule has 0 aliphatic carbocycles. The zero-order valence-electron chi connectivity index (χ0n) is 14.0. The Balaban J connectivity index is 1.68. The summed E-state index contributed by atoms with van der Waals surface area (Å²) in [6.45, 7) is 2.80. The van der Waals surface area contributed by atoms with Crippen LogP contribution in [0.4, 0.5) is 8.78 Å². The van der Waals surface area contributed by atoms with Gasteiger partial charge in [-0.1, -0.05) is 29.4 Å². The lowest BCUT2D eigenvalue weighted by molar-refractivity contribution is 0.288. The molecule has 0 fully saturated rings. The van der Waals surface area contributed by atoms with Crippen LogP contribution in [0.15, 0.2) is 47.6 Å². The predicted octanol–water partition coefficient (Wildman–Crippen LogP) is 5.10. The molecule has 26 heavy (non-hydrogen) atoms. The van der Waals surface area contributed by atoms with E-state index in [1.807, 2.05) is 11.5 Å². The van der Waals surface area contributed by atoms with Gasteiger partial charge in [0, 0.05) is 22.9 Å². The van der Waals surface area contributed by atoms with Gasteiger partial charge in [-0.05, 0) is 43.3 Å². The van der Waals surface area contributed by atoms with Crippen LogP contribution in [0, 0.1) is 11.6 Å². The molecule has 0 aliphatic heterocycles. The normalized spacial score (nSPS) is 10.9. The lowest BCUT2D eigenvalue weighted by Crippen LogP contribution is -2.07. The van der Waals surface area contributed by atoms with Gasteiger partial charge in [0.2, 0.25) is 0 Å². The maximum absolute atomic E-state index is 13.8. The van der Waals surface area contributed by atoms with Gasteiger partial charge in [0.1, 0.15) is 24.0 Å². The molecule has 136 valence electrons. The summed E-state index contributed by atoms with van der Waals surface area (Å²) in [6.07, 6.45) is 0. The molecule has 0 bridgehead atoms. The van der Waals surface area contributed by atoms with Gasteiger partial charge in [0.15, 0.2) is 11.0 Å². The largest absolute Gasteiger partial charge is 0.486 e. The van der Waals surface area contributed by atoms with Crippen molar-refractivity contribution in [3.8, 4) is 5.75 Å². The van der Waals surface area contributed by atoms with E-state index >= 15 is 0 Å². The Morgan fingerprint density at radius 2 is 1.77 bits per heavy atom. The standard InChI is InChI=1S/C18H16ClF2N3OS/c1-2-24-17(10-25-13-8-6-12(19)7-9-13)22-23-18(24)26-11-14-15(20)4-3-5-16(14)21/h3-9H,2,10-11H2,1H3. The van der Waals surface area contributed by atoms with E-state index in [9.17, 15) is 8.78 Å². The second-order valence-electron chi connectivity index (χ2n) is 5.37. The van der Waals surface area contributed by atoms with E-state index in [1.54, 1.807) is 24.3 Å². The third-order valence-electron chi connectivity index (χ3n) is 3.70. The van der Waals surface area contributed by atoms with E-state index in [0.29, 0.717) is 28.3 Å². The molecule has 0 amide bonds. The van der Waals surface area contributed by atoms with E-state index in [0.717, 1.165) is 0 Å². The Kier molecular flexibility index (Phi) is 6.11. The fraction of sp³-hybridized carbons (Fsp3) is 0.222. The quantitative estimate of drug-likeness (QED) is 0.522. The van der Waals surface area contributed by atoms with E-state index < -0.39 is 11.6 Å². The smallest absolute Gasteiger partial charge is 0.191 e. The summed E-state index contributed by atoms with van der Waals surface area (Å²) < 4.78 is 35.1. The van der Waals surface area contributed by atoms with Crippen molar-refractivity contribution in [2.75, 3.05) is 0 Å². The number of rotatable bonds is 7. The minimum absolute atomic E-state index is 0.0297. The van der Waals surface area contributed by atoms with Crippen LogP contribution in [0.3, 0.4) is 0 Å². The molecule has 0 unspecified atom stereocenters. The van der Waals surface area contributed by atoms with Crippen molar-refractivity contribution in [1.82, 2.24) is 14.8 Å². The molecule has 0 saturated carbocycles. The Bertz CT molecular complexity index is 866. The van der Waals surface area contributed by atoms with Gasteiger partial charge < -0.3 is 9.30 Å². The Morgan fingerprint density at radius 3 is 2.42 bits per heavy atom. The zero-order valence-corrected chi connectivity index (χ0v) is 15.5. The van der Waals surface area contributed by atoms with Gasteiger partial charge in [-0.3, -0.25) is 0 Å². The number of benzene rings is 2. The molecular weight excluding hydrogens is 380 g/mol. The average Bonchev–Trinajstić information content (AvgIpc) is 3.03. The fourth-order valence-electron chi connectivity index (χ4n) is 2.34. The van der Waals surface area contributed by atoms with Crippen molar-refractivity contribution in [3.63, 3.8) is 0 Å². The monoisotopic (exact) mass is 395 g/mol. The molecule has 4 nitrogen and oxygen atoms in total. The van der Waals surface area contributed by atoms with Gasteiger partial charge in [-0.25, -0.2) is 8.78 Å². The number of halogens is 3. The van der Waals surface area contributed by atoms with Crippen molar-refractivity contribution in [3.05, 3.63) is 70.5 Å². The Hall–Kier alpha value is -2.12. The highest BCUT2D eigenvalue weighted by molar-refractivity contribution is 7.98. The molecule has 0 radical (unpaired) electrons. The molecule has 1 heterocycles. The van der Waals surface area contributed by atoms with Gasteiger partial charge in [0.05, 0.1) is 0 Å².